The molecule has 0 aromatic heterocycles. The molecular weight excluding hydrogens is 247 g/mol. The van der Waals surface area contributed by atoms with Crippen LogP contribution in [0.5, 0.6) is 5.75 Å². The van der Waals surface area contributed by atoms with Gasteiger partial charge in [-0.05, 0) is 6.07 Å². The minimum Gasteiger partial charge on any atom is -0.495 e. The molecule has 4 heteroatoms. The summed E-state index contributed by atoms with van der Waals surface area (Å²) in [6.07, 6.45) is 0. The summed E-state index contributed by atoms with van der Waals surface area (Å²) < 4.78 is 5.02. The highest BCUT2D eigenvalue weighted by Crippen LogP contribution is 2.34. The van der Waals surface area contributed by atoms with Crippen LogP contribution < -0.4 is 4.74 Å². The van der Waals surface area contributed by atoms with E-state index in [1.54, 1.807) is 12.1 Å². The van der Waals surface area contributed by atoms with Gasteiger partial charge in [-0.3, -0.25) is 4.79 Å². The Bertz CT molecular complexity index is 420. The Morgan fingerprint density at radius 2 is 1.75 bits per heavy atom. The van der Waals surface area contributed by atoms with Gasteiger partial charge in [-0.2, -0.15) is 0 Å². The third kappa shape index (κ3) is 2.69. The lowest BCUT2D eigenvalue weighted by molar-refractivity contribution is 0.0858. The van der Waals surface area contributed by atoms with Gasteiger partial charge < -0.3 is 4.74 Å². The maximum Gasteiger partial charge on any atom is 0.169 e. The van der Waals surface area contributed by atoms with Gasteiger partial charge in [-0.15, -0.1) is 0 Å². The van der Waals surface area contributed by atoms with Gasteiger partial charge in [0.05, 0.1) is 17.2 Å². The molecule has 1 aromatic rings. The van der Waals surface area contributed by atoms with Crippen LogP contribution in [0.2, 0.25) is 10.0 Å². The first kappa shape index (κ1) is 13.3. The molecule has 0 saturated heterocycles. The molecule has 0 spiro atoms. The van der Waals surface area contributed by atoms with Gasteiger partial charge in [-0.1, -0.05) is 44.0 Å². The summed E-state index contributed by atoms with van der Waals surface area (Å²) in [5.41, 5.74) is -0.0540. The molecule has 0 unspecified atom stereocenters. The topological polar surface area (TPSA) is 26.3 Å². The highest BCUT2D eigenvalue weighted by atomic mass is 35.5. The number of carbonyl (C=O) groups excluding carboxylic acids is 1. The highest BCUT2D eigenvalue weighted by Gasteiger charge is 2.25. The zero-order chi connectivity index (χ0) is 12.5. The van der Waals surface area contributed by atoms with Crippen molar-refractivity contribution in [3.63, 3.8) is 0 Å². The van der Waals surface area contributed by atoms with E-state index in [0.717, 1.165) is 0 Å². The number of Topliss-reactive ketones (excluding diaryl/α,β-unsaturated/α-hetero) is 1. The lowest BCUT2D eigenvalue weighted by atomic mass is 9.86. The van der Waals surface area contributed by atoms with Gasteiger partial charge in [-0.25, -0.2) is 0 Å². The van der Waals surface area contributed by atoms with Crippen LogP contribution >= 0.6 is 23.2 Å². The summed E-state index contributed by atoms with van der Waals surface area (Å²) in [4.78, 5) is 12.1. The lowest BCUT2D eigenvalue weighted by Gasteiger charge is -2.18. The molecule has 0 radical (unpaired) electrons. The Balaban J connectivity index is 3.27. The van der Waals surface area contributed by atoms with E-state index in [0.29, 0.717) is 21.4 Å². The quantitative estimate of drug-likeness (QED) is 0.744. The Morgan fingerprint density at radius 3 is 2.19 bits per heavy atom. The SMILES string of the molecule is COc1cc(Cl)c(C(=O)C(C)(C)C)cc1Cl. The first-order chi connectivity index (χ1) is 7.27. The Hall–Kier alpha value is -0.730. The number of halogens is 2. The van der Waals surface area contributed by atoms with Crippen molar-refractivity contribution in [1.29, 1.82) is 0 Å². The second-order valence-electron chi connectivity index (χ2n) is 4.55. The molecule has 0 atom stereocenters. The summed E-state index contributed by atoms with van der Waals surface area (Å²) in [6, 6.07) is 3.11. The number of hydrogen-bond acceptors (Lipinski definition) is 2. The van der Waals surface area contributed by atoms with Crippen molar-refractivity contribution in [2.45, 2.75) is 20.8 Å². The number of ether oxygens (including phenoxy) is 1. The Kier molecular flexibility index (Phi) is 3.87. The molecule has 0 bridgehead atoms. The molecule has 88 valence electrons. The number of carbonyl (C=O) groups is 1. The molecular formula is C12H14Cl2O2. The number of hydrogen-bond donors (Lipinski definition) is 0. The number of methoxy groups -OCH3 is 1. The minimum absolute atomic E-state index is 0.0398. The number of rotatable bonds is 2. The standard InChI is InChI=1S/C12H14Cl2O2/c1-12(2,3)11(15)7-5-9(14)10(16-4)6-8(7)13/h5-6H,1-4H3. The minimum atomic E-state index is -0.485. The van der Waals surface area contributed by atoms with E-state index in [1.807, 2.05) is 20.8 Å². The van der Waals surface area contributed by atoms with Gasteiger partial charge >= 0.3 is 0 Å². The molecule has 0 N–H and O–H groups in total. The molecule has 0 aliphatic heterocycles. The monoisotopic (exact) mass is 260 g/mol. The number of ketones is 1. The van der Waals surface area contributed by atoms with E-state index in [2.05, 4.69) is 0 Å². The highest BCUT2D eigenvalue weighted by molar-refractivity contribution is 6.37. The first-order valence-electron chi connectivity index (χ1n) is 4.85. The Morgan fingerprint density at radius 1 is 1.19 bits per heavy atom. The average molecular weight is 261 g/mol. The predicted octanol–water partition coefficient (Wildman–Crippen LogP) is 4.23. The van der Waals surface area contributed by atoms with Crippen molar-refractivity contribution in [3.05, 3.63) is 27.7 Å². The Labute approximate surface area is 106 Å². The van der Waals surface area contributed by atoms with Crippen molar-refractivity contribution < 1.29 is 9.53 Å². The molecule has 0 aliphatic rings. The van der Waals surface area contributed by atoms with Crippen molar-refractivity contribution in [3.8, 4) is 5.75 Å². The second kappa shape index (κ2) is 4.64. The van der Waals surface area contributed by atoms with E-state index >= 15 is 0 Å². The van der Waals surface area contributed by atoms with Crippen molar-refractivity contribution >= 4 is 29.0 Å². The molecule has 16 heavy (non-hydrogen) atoms. The molecule has 0 amide bonds. The van der Waals surface area contributed by atoms with E-state index in [-0.39, 0.29) is 5.78 Å². The van der Waals surface area contributed by atoms with E-state index in [1.165, 1.54) is 7.11 Å². The summed E-state index contributed by atoms with van der Waals surface area (Å²) in [7, 11) is 1.50. The van der Waals surface area contributed by atoms with Gasteiger partial charge in [0, 0.05) is 17.0 Å². The van der Waals surface area contributed by atoms with Crippen molar-refractivity contribution in [2.75, 3.05) is 7.11 Å². The summed E-state index contributed by atoms with van der Waals surface area (Å²) in [6.45, 7) is 5.51. The smallest absolute Gasteiger partial charge is 0.169 e. The molecule has 0 heterocycles. The maximum absolute atomic E-state index is 12.1. The van der Waals surface area contributed by atoms with E-state index in [9.17, 15) is 4.79 Å². The third-order valence-electron chi connectivity index (χ3n) is 2.17. The fourth-order valence-electron chi connectivity index (χ4n) is 1.26. The zero-order valence-electron chi connectivity index (χ0n) is 9.73. The maximum atomic E-state index is 12.1. The van der Waals surface area contributed by atoms with Crippen molar-refractivity contribution in [2.24, 2.45) is 5.41 Å². The molecule has 0 saturated carbocycles. The average Bonchev–Trinajstić information content (AvgIpc) is 2.18. The number of benzene rings is 1. The third-order valence-corrected chi connectivity index (χ3v) is 2.78. The van der Waals surface area contributed by atoms with Crippen LogP contribution in [-0.2, 0) is 0 Å². The fourth-order valence-corrected chi connectivity index (χ4v) is 1.74. The van der Waals surface area contributed by atoms with Gasteiger partial charge in [0.15, 0.2) is 5.78 Å². The van der Waals surface area contributed by atoms with Crippen LogP contribution in [0.15, 0.2) is 12.1 Å². The molecule has 2 nitrogen and oxygen atoms in total. The molecule has 0 aliphatic carbocycles. The van der Waals surface area contributed by atoms with Gasteiger partial charge in [0.2, 0.25) is 0 Å². The van der Waals surface area contributed by atoms with Gasteiger partial charge in [0.1, 0.15) is 5.75 Å². The molecule has 1 rings (SSSR count). The van der Waals surface area contributed by atoms with Gasteiger partial charge in [0.25, 0.3) is 0 Å². The largest absolute Gasteiger partial charge is 0.495 e. The normalized spacial score (nSPS) is 11.4. The fraction of sp³-hybridized carbons (Fsp3) is 0.417. The molecule has 1 aromatic carbocycles. The van der Waals surface area contributed by atoms with Crippen LogP contribution in [0, 0.1) is 5.41 Å². The van der Waals surface area contributed by atoms with Crippen LogP contribution in [0.3, 0.4) is 0 Å². The van der Waals surface area contributed by atoms with E-state index in [4.69, 9.17) is 27.9 Å². The van der Waals surface area contributed by atoms with E-state index < -0.39 is 5.41 Å². The summed E-state index contributed by atoms with van der Waals surface area (Å²) in [5, 5.41) is 0.751. The van der Waals surface area contributed by atoms with Crippen LogP contribution in [0.25, 0.3) is 0 Å². The lowest BCUT2D eigenvalue weighted by Crippen LogP contribution is -2.20. The zero-order valence-corrected chi connectivity index (χ0v) is 11.2. The molecule has 0 fully saturated rings. The van der Waals surface area contributed by atoms with Crippen LogP contribution in [-0.4, -0.2) is 12.9 Å². The van der Waals surface area contributed by atoms with Crippen molar-refractivity contribution in [1.82, 2.24) is 0 Å². The first-order valence-corrected chi connectivity index (χ1v) is 5.61. The summed E-state index contributed by atoms with van der Waals surface area (Å²) >= 11 is 12.0. The summed E-state index contributed by atoms with van der Waals surface area (Å²) in [5.74, 6) is 0.430. The van der Waals surface area contributed by atoms with Crippen LogP contribution in [0.4, 0.5) is 0 Å². The predicted molar refractivity (Wildman–Crippen MR) is 66.8 cm³/mol. The van der Waals surface area contributed by atoms with Crippen LogP contribution in [0.1, 0.15) is 31.1 Å². The second-order valence-corrected chi connectivity index (χ2v) is 5.36.